The van der Waals surface area contributed by atoms with Crippen molar-refractivity contribution < 1.29 is 27.1 Å². The average molecular weight is 447 g/mol. The van der Waals surface area contributed by atoms with Crippen molar-refractivity contribution in [2.75, 3.05) is 46.3 Å². The van der Waals surface area contributed by atoms with Gasteiger partial charge in [0.25, 0.3) is 0 Å². The molecule has 1 aliphatic rings. The van der Waals surface area contributed by atoms with E-state index in [0.29, 0.717) is 40.1 Å². The molecule has 1 saturated heterocycles. The molecule has 0 amide bonds. The number of carbonyl (C=O) groups is 1. The van der Waals surface area contributed by atoms with Crippen molar-refractivity contribution in [3.63, 3.8) is 0 Å². The number of hydrogen-bond donors (Lipinski definition) is 1. The Morgan fingerprint density at radius 2 is 1.80 bits per heavy atom. The molecule has 0 bridgehead atoms. The lowest BCUT2D eigenvalue weighted by Gasteiger charge is -2.38. The van der Waals surface area contributed by atoms with Gasteiger partial charge < -0.3 is 9.47 Å². The molecule has 0 spiro atoms. The minimum absolute atomic E-state index is 0.147. The fourth-order valence-electron chi connectivity index (χ4n) is 3.49. The number of esters is 1. The molecule has 0 atom stereocenters. The highest BCUT2D eigenvalue weighted by molar-refractivity contribution is 7.88. The summed E-state index contributed by atoms with van der Waals surface area (Å²) in [6.45, 7) is 6.37. The van der Waals surface area contributed by atoms with Gasteiger partial charge in [-0.25, -0.2) is 8.42 Å². The van der Waals surface area contributed by atoms with Crippen LogP contribution in [0.25, 0.3) is 0 Å². The minimum Gasteiger partial charge on any atom is -0.465 e. The van der Waals surface area contributed by atoms with Gasteiger partial charge in [-0.3, -0.25) is 14.5 Å². The van der Waals surface area contributed by atoms with E-state index in [1.807, 2.05) is 31.2 Å². The van der Waals surface area contributed by atoms with Crippen LogP contribution in [0, 0.1) is 0 Å². The zero-order valence-electron chi connectivity index (χ0n) is 18.4. The molecule has 7 nitrogen and oxygen atoms in total. The molecule has 1 aromatic carbocycles. The highest BCUT2D eigenvalue weighted by Crippen LogP contribution is 2.32. The smallest absolute Gasteiger partial charge is 0.319 e. The SMILES string of the molecule is CCCN(Cc1ccc(C2(NCC(=O)OCC)CCOCC2)cc1)S(C)(=O)=O.CF. The Kier molecular flexibility index (Phi) is 11.5. The molecule has 1 aliphatic heterocycles. The average Bonchev–Trinajstić information content (AvgIpc) is 2.74. The van der Waals surface area contributed by atoms with Gasteiger partial charge in [0, 0.05) is 31.8 Å². The van der Waals surface area contributed by atoms with Crippen molar-refractivity contribution in [2.24, 2.45) is 0 Å². The molecule has 30 heavy (non-hydrogen) atoms. The first-order valence-corrected chi connectivity index (χ1v) is 12.1. The standard InChI is InChI=1S/C20H32N2O5S.CH3F/c1-4-12-22(28(3,24)25)16-17-6-8-18(9-7-17)20(10-13-26-14-11-20)21-15-19(23)27-5-2;1-2/h6-9,21H,4-5,10-16H2,1-3H3;1H3. The number of ether oxygens (including phenoxy) is 2. The first kappa shape index (κ1) is 26.5. The second-order valence-electron chi connectivity index (χ2n) is 7.15. The minimum atomic E-state index is -3.24. The van der Waals surface area contributed by atoms with Gasteiger partial charge >= 0.3 is 5.97 Å². The van der Waals surface area contributed by atoms with E-state index in [0.717, 1.165) is 30.4 Å². The van der Waals surface area contributed by atoms with Crippen LogP contribution in [-0.2, 0) is 36.4 Å². The molecule has 0 radical (unpaired) electrons. The molecule has 2 rings (SSSR count). The van der Waals surface area contributed by atoms with E-state index in [1.165, 1.54) is 10.6 Å². The first-order valence-electron chi connectivity index (χ1n) is 10.2. The molecule has 0 unspecified atom stereocenters. The number of nitrogens with one attached hydrogen (secondary N) is 1. The second-order valence-corrected chi connectivity index (χ2v) is 9.13. The van der Waals surface area contributed by atoms with Crippen LogP contribution in [0.1, 0.15) is 44.2 Å². The number of hydrogen-bond acceptors (Lipinski definition) is 6. The Morgan fingerprint density at radius 3 is 2.30 bits per heavy atom. The van der Waals surface area contributed by atoms with Gasteiger partial charge in [-0.2, -0.15) is 4.31 Å². The maximum atomic E-state index is 12.0. The van der Waals surface area contributed by atoms with Gasteiger partial charge in [0.1, 0.15) is 0 Å². The van der Waals surface area contributed by atoms with E-state index in [2.05, 4.69) is 5.32 Å². The molecule has 9 heteroatoms. The van der Waals surface area contributed by atoms with E-state index in [9.17, 15) is 17.6 Å². The fraction of sp³-hybridized carbons (Fsp3) is 0.667. The maximum absolute atomic E-state index is 12.0. The summed E-state index contributed by atoms with van der Waals surface area (Å²) in [5.41, 5.74) is 1.67. The van der Waals surface area contributed by atoms with Gasteiger partial charge in [-0.05, 0) is 37.3 Å². The van der Waals surface area contributed by atoms with Crippen molar-refractivity contribution >= 4 is 16.0 Å². The molecular formula is C21H35FN2O5S. The summed E-state index contributed by atoms with van der Waals surface area (Å²) in [4.78, 5) is 11.8. The molecule has 1 N–H and O–H groups in total. The summed E-state index contributed by atoms with van der Waals surface area (Å²) < 4.78 is 45.4. The Labute approximate surface area is 180 Å². The second kappa shape index (κ2) is 13.0. The van der Waals surface area contributed by atoms with Gasteiger partial charge in [0.05, 0.1) is 26.6 Å². The van der Waals surface area contributed by atoms with Crippen molar-refractivity contribution in [3.8, 4) is 0 Å². The number of alkyl halides is 1. The highest BCUT2D eigenvalue weighted by atomic mass is 32.2. The fourth-order valence-corrected chi connectivity index (χ4v) is 4.38. The number of halogens is 1. The number of sulfonamides is 1. The molecule has 172 valence electrons. The summed E-state index contributed by atoms with van der Waals surface area (Å²) >= 11 is 0. The van der Waals surface area contributed by atoms with Crippen LogP contribution in [0.15, 0.2) is 24.3 Å². The number of carbonyl (C=O) groups excluding carboxylic acids is 1. The van der Waals surface area contributed by atoms with Crippen LogP contribution >= 0.6 is 0 Å². The number of nitrogens with zero attached hydrogens (tertiary/aromatic N) is 1. The van der Waals surface area contributed by atoms with Gasteiger partial charge in [-0.15, -0.1) is 0 Å². The van der Waals surface area contributed by atoms with E-state index in [4.69, 9.17) is 9.47 Å². The summed E-state index contributed by atoms with van der Waals surface area (Å²) in [7, 11) is -2.74. The third-order valence-electron chi connectivity index (χ3n) is 5.03. The van der Waals surface area contributed by atoms with Crippen LogP contribution in [0.5, 0.6) is 0 Å². The zero-order chi connectivity index (χ0) is 22.6. The maximum Gasteiger partial charge on any atom is 0.319 e. The number of rotatable bonds is 10. The Hall–Kier alpha value is -1.55. The summed E-state index contributed by atoms with van der Waals surface area (Å²) in [6, 6.07) is 7.97. The topological polar surface area (TPSA) is 84.9 Å². The number of benzene rings is 1. The lowest BCUT2D eigenvalue weighted by atomic mass is 9.82. The summed E-state index contributed by atoms with van der Waals surface area (Å²) in [5.74, 6) is -0.270. The predicted molar refractivity (Wildman–Crippen MR) is 115 cm³/mol. The quantitative estimate of drug-likeness (QED) is 0.556. The van der Waals surface area contributed by atoms with Gasteiger partial charge in [0.2, 0.25) is 10.0 Å². The third kappa shape index (κ3) is 7.94. The largest absolute Gasteiger partial charge is 0.465 e. The van der Waals surface area contributed by atoms with Gasteiger partial charge in [-0.1, -0.05) is 31.2 Å². The van der Waals surface area contributed by atoms with Crippen LogP contribution in [0.2, 0.25) is 0 Å². The molecule has 0 aliphatic carbocycles. The normalized spacial score (nSPS) is 15.9. The molecule has 1 aromatic rings. The lowest BCUT2D eigenvalue weighted by molar-refractivity contribution is -0.142. The van der Waals surface area contributed by atoms with Crippen molar-refractivity contribution in [1.29, 1.82) is 0 Å². The Morgan fingerprint density at radius 1 is 1.20 bits per heavy atom. The van der Waals surface area contributed by atoms with Crippen molar-refractivity contribution in [3.05, 3.63) is 35.4 Å². The van der Waals surface area contributed by atoms with Crippen molar-refractivity contribution in [2.45, 2.75) is 45.2 Å². The Bertz CT molecular complexity index is 734. The monoisotopic (exact) mass is 446 g/mol. The summed E-state index contributed by atoms with van der Waals surface area (Å²) in [5, 5.41) is 3.38. The lowest BCUT2D eigenvalue weighted by Crippen LogP contribution is -2.48. The molecule has 0 aromatic heterocycles. The Balaban J connectivity index is 0.00000218. The molecule has 0 saturated carbocycles. The van der Waals surface area contributed by atoms with E-state index in [1.54, 1.807) is 6.92 Å². The zero-order valence-corrected chi connectivity index (χ0v) is 19.3. The molecule has 1 heterocycles. The first-order chi connectivity index (χ1) is 14.3. The van der Waals surface area contributed by atoms with Crippen molar-refractivity contribution in [1.82, 2.24) is 9.62 Å². The molecular weight excluding hydrogens is 411 g/mol. The molecule has 1 fully saturated rings. The van der Waals surface area contributed by atoms with E-state index in [-0.39, 0.29) is 18.1 Å². The van der Waals surface area contributed by atoms with Crippen LogP contribution in [0.4, 0.5) is 4.39 Å². The van der Waals surface area contributed by atoms with Crippen LogP contribution < -0.4 is 5.32 Å². The van der Waals surface area contributed by atoms with E-state index >= 15 is 0 Å². The van der Waals surface area contributed by atoms with Crippen LogP contribution in [0.3, 0.4) is 0 Å². The van der Waals surface area contributed by atoms with Gasteiger partial charge in [0.15, 0.2) is 0 Å². The highest BCUT2D eigenvalue weighted by Gasteiger charge is 2.34. The van der Waals surface area contributed by atoms with E-state index < -0.39 is 10.0 Å². The van der Waals surface area contributed by atoms with Crippen LogP contribution in [-0.4, -0.2) is 65.0 Å². The third-order valence-corrected chi connectivity index (χ3v) is 6.28. The summed E-state index contributed by atoms with van der Waals surface area (Å²) in [6.07, 6.45) is 3.54. The predicted octanol–water partition coefficient (Wildman–Crippen LogP) is 2.60.